The molecule has 8 heteroatoms. The van der Waals surface area contributed by atoms with Crippen LogP contribution >= 0.6 is 11.3 Å². The second kappa shape index (κ2) is 8.07. The molecule has 2 aromatic rings. The van der Waals surface area contributed by atoms with E-state index in [2.05, 4.69) is 15.2 Å². The number of rotatable bonds is 5. The van der Waals surface area contributed by atoms with Crippen molar-refractivity contribution in [2.75, 3.05) is 23.3 Å². The maximum absolute atomic E-state index is 12.5. The van der Waals surface area contributed by atoms with E-state index in [1.807, 2.05) is 5.38 Å². The molecule has 1 unspecified atom stereocenters. The summed E-state index contributed by atoms with van der Waals surface area (Å²) in [7, 11) is 0. The molecule has 1 N–H and O–H groups in total. The molecule has 1 aromatic heterocycles. The fourth-order valence-corrected chi connectivity index (χ4v) is 3.83. The highest BCUT2D eigenvalue weighted by molar-refractivity contribution is 7.13. The molecule has 1 fully saturated rings. The quantitative estimate of drug-likeness (QED) is 0.807. The fraction of sp³-hybridized carbons (Fsp3) is 0.444. The molecule has 1 atom stereocenters. The SMILES string of the molecule is O=C(CCC1CCCN(c2nccs2)C1)Nc1ccc(C(F)(F)F)cc1. The minimum Gasteiger partial charge on any atom is -0.348 e. The van der Waals surface area contributed by atoms with Crippen LogP contribution in [0, 0.1) is 5.92 Å². The van der Waals surface area contributed by atoms with Gasteiger partial charge in [-0.1, -0.05) is 0 Å². The number of amides is 1. The predicted molar refractivity (Wildman–Crippen MR) is 96.4 cm³/mol. The molecule has 1 saturated heterocycles. The van der Waals surface area contributed by atoms with Gasteiger partial charge in [-0.3, -0.25) is 4.79 Å². The molecular weight excluding hydrogens is 363 g/mol. The molecular formula is C18H20F3N3OS. The Morgan fingerprint density at radius 1 is 1.31 bits per heavy atom. The molecule has 1 aliphatic rings. The van der Waals surface area contributed by atoms with Crippen molar-refractivity contribution in [1.29, 1.82) is 0 Å². The van der Waals surface area contributed by atoms with Gasteiger partial charge in [-0.25, -0.2) is 4.98 Å². The first-order valence-electron chi connectivity index (χ1n) is 8.53. The third-order valence-corrected chi connectivity index (χ3v) is 5.32. The lowest BCUT2D eigenvalue weighted by Crippen LogP contribution is -2.35. The number of nitrogens with zero attached hydrogens (tertiary/aromatic N) is 2. The number of aromatic nitrogens is 1. The minimum atomic E-state index is -4.37. The van der Waals surface area contributed by atoms with Crippen LogP contribution in [0.2, 0.25) is 0 Å². The van der Waals surface area contributed by atoms with E-state index >= 15 is 0 Å². The van der Waals surface area contributed by atoms with E-state index in [1.165, 1.54) is 12.1 Å². The van der Waals surface area contributed by atoms with E-state index in [1.54, 1.807) is 17.5 Å². The number of alkyl halides is 3. The summed E-state index contributed by atoms with van der Waals surface area (Å²) in [4.78, 5) is 18.7. The van der Waals surface area contributed by atoms with Crippen molar-refractivity contribution < 1.29 is 18.0 Å². The van der Waals surface area contributed by atoms with E-state index in [-0.39, 0.29) is 5.91 Å². The number of halogens is 3. The Hall–Kier alpha value is -2.09. The topological polar surface area (TPSA) is 45.2 Å². The van der Waals surface area contributed by atoms with Crippen molar-refractivity contribution in [3.63, 3.8) is 0 Å². The molecule has 140 valence electrons. The number of hydrogen-bond acceptors (Lipinski definition) is 4. The summed E-state index contributed by atoms with van der Waals surface area (Å²) in [6.45, 7) is 1.88. The van der Waals surface area contributed by atoms with Crippen LogP contribution in [0.15, 0.2) is 35.8 Å². The standard InChI is InChI=1S/C18H20F3N3OS/c19-18(20,21)14-4-6-15(7-5-14)23-16(25)8-3-13-2-1-10-24(12-13)17-22-9-11-26-17/h4-7,9,11,13H,1-3,8,10,12H2,(H,23,25). The molecule has 1 aromatic carbocycles. The zero-order valence-electron chi connectivity index (χ0n) is 14.1. The van der Waals surface area contributed by atoms with Gasteiger partial charge < -0.3 is 10.2 Å². The second-order valence-electron chi connectivity index (χ2n) is 6.43. The van der Waals surface area contributed by atoms with Gasteiger partial charge in [-0.2, -0.15) is 13.2 Å². The van der Waals surface area contributed by atoms with E-state index in [9.17, 15) is 18.0 Å². The van der Waals surface area contributed by atoms with Crippen molar-refractivity contribution in [1.82, 2.24) is 4.98 Å². The Kier molecular flexibility index (Phi) is 5.80. The number of carbonyl (C=O) groups is 1. The van der Waals surface area contributed by atoms with E-state index in [4.69, 9.17) is 0 Å². The van der Waals surface area contributed by atoms with Crippen LogP contribution in [0.3, 0.4) is 0 Å². The van der Waals surface area contributed by atoms with E-state index in [0.717, 1.165) is 49.6 Å². The molecule has 2 heterocycles. The monoisotopic (exact) mass is 383 g/mol. The summed E-state index contributed by atoms with van der Waals surface area (Å²) in [5, 5.41) is 5.64. The first kappa shape index (κ1) is 18.7. The van der Waals surface area contributed by atoms with Gasteiger partial charge >= 0.3 is 6.18 Å². The number of anilines is 2. The van der Waals surface area contributed by atoms with Crippen molar-refractivity contribution >= 4 is 28.1 Å². The highest BCUT2D eigenvalue weighted by atomic mass is 32.1. The van der Waals surface area contributed by atoms with Crippen molar-refractivity contribution in [3.05, 3.63) is 41.4 Å². The van der Waals surface area contributed by atoms with E-state index in [0.29, 0.717) is 18.0 Å². The van der Waals surface area contributed by atoms with Gasteiger partial charge in [0.15, 0.2) is 5.13 Å². The van der Waals surface area contributed by atoms with Crippen molar-refractivity contribution in [3.8, 4) is 0 Å². The summed E-state index contributed by atoms with van der Waals surface area (Å²) in [5.74, 6) is 0.252. The first-order valence-corrected chi connectivity index (χ1v) is 9.41. The fourth-order valence-electron chi connectivity index (χ4n) is 3.15. The Labute approximate surface area is 154 Å². The van der Waals surface area contributed by atoms with Gasteiger partial charge in [0.05, 0.1) is 5.56 Å². The van der Waals surface area contributed by atoms with Crippen LogP contribution in [0.25, 0.3) is 0 Å². The Balaban J connectivity index is 1.46. The van der Waals surface area contributed by atoms with Crippen LogP contribution in [0.5, 0.6) is 0 Å². The molecule has 0 saturated carbocycles. The largest absolute Gasteiger partial charge is 0.416 e. The molecule has 4 nitrogen and oxygen atoms in total. The number of carbonyl (C=O) groups excluding carboxylic acids is 1. The highest BCUT2D eigenvalue weighted by Gasteiger charge is 2.30. The third-order valence-electron chi connectivity index (χ3n) is 4.48. The number of thiazole rings is 1. The van der Waals surface area contributed by atoms with Gasteiger partial charge in [-0.05, 0) is 49.4 Å². The molecule has 0 bridgehead atoms. The van der Waals surface area contributed by atoms with Gasteiger partial charge in [0.1, 0.15) is 0 Å². The third kappa shape index (κ3) is 4.97. The normalized spacial score (nSPS) is 18.0. The zero-order valence-corrected chi connectivity index (χ0v) is 14.9. The van der Waals surface area contributed by atoms with Gasteiger partial charge in [0, 0.05) is 36.8 Å². The lowest BCUT2D eigenvalue weighted by atomic mass is 9.93. The molecule has 0 aliphatic carbocycles. The molecule has 1 amide bonds. The van der Waals surface area contributed by atoms with E-state index < -0.39 is 11.7 Å². The van der Waals surface area contributed by atoms with Crippen LogP contribution in [0.4, 0.5) is 24.0 Å². The van der Waals surface area contributed by atoms with Crippen LogP contribution in [0.1, 0.15) is 31.2 Å². The van der Waals surface area contributed by atoms with Crippen LogP contribution < -0.4 is 10.2 Å². The maximum atomic E-state index is 12.5. The lowest BCUT2D eigenvalue weighted by molar-refractivity contribution is -0.137. The van der Waals surface area contributed by atoms with Gasteiger partial charge in [-0.15, -0.1) is 11.3 Å². The van der Waals surface area contributed by atoms with Crippen LogP contribution in [-0.4, -0.2) is 24.0 Å². The number of benzene rings is 1. The Morgan fingerprint density at radius 3 is 2.73 bits per heavy atom. The molecule has 0 radical (unpaired) electrons. The molecule has 26 heavy (non-hydrogen) atoms. The van der Waals surface area contributed by atoms with Gasteiger partial charge in [0.25, 0.3) is 0 Å². The summed E-state index contributed by atoms with van der Waals surface area (Å²) < 4.78 is 37.6. The predicted octanol–water partition coefficient (Wildman–Crippen LogP) is 4.80. The van der Waals surface area contributed by atoms with Gasteiger partial charge in [0.2, 0.25) is 5.91 Å². The molecule has 0 spiro atoms. The average Bonchev–Trinajstić information content (AvgIpc) is 3.15. The number of nitrogens with one attached hydrogen (secondary N) is 1. The summed E-state index contributed by atoms with van der Waals surface area (Å²) in [6, 6.07) is 4.52. The smallest absolute Gasteiger partial charge is 0.348 e. The Morgan fingerprint density at radius 2 is 2.08 bits per heavy atom. The lowest BCUT2D eigenvalue weighted by Gasteiger charge is -2.32. The summed E-state index contributed by atoms with van der Waals surface area (Å²) in [6.07, 6.45) is 0.694. The Bertz CT molecular complexity index is 716. The molecule has 1 aliphatic heterocycles. The average molecular weight is 383 g/mol. The van der Waals surface area contributed by atoms with Crippen molar-refractivity contribution in [2.24, 2.45) is 5.92 Å². The number of hydrogen-bond donors (Lipinski definition) is 1. The molecule has 3 rings (SSSR count). The number of piperidine rings is 1. The van der Waals surface area contributed by atoms with Crippen LogP contribution in [-0.2, 0) is 11.0 Å². The minimum absolute atomic E-state index is 0.170. The summed E-state index contributed by atoms with van der Waals surface area (Å²) in [5.41, 5.74) is -0.337. The van der Waals surface area contributed by atoms with Crippen molar-refractivity contribution in [2.45, 2.75) is 31.9 Å². The maximum Gasteiger partial charge on any atom is 0.416 e. The summed E-state index contributed by atoms with van der Waals surface area (Å²) >= 11 is 1.62. The highest BCUT2D eigenvalue weighted by Crippen LogP contribution is 2.30. The second-order valence-corrected chi connectivity index (χ2v) is 7.30. The zero-order chi connectivity index (χ0) is 18.6. The first-order chi connectivity index (χ1) is 12.4.